The molecule has 0 bridgehead atoms. The molecule has 8 heteroatoms. The lowest BCUT2D eigenvalue weighted by molar-refractivity contribution is 0.387. The van der Waals surface area contributed by atoms with Gasteiger partial charge in [-0.25, -0.2) is 4.39 Å². The number of hydrogen-bond donors (Lipinski definition) is 3. The number of aromatic amines is 1. The van der Waals surface area contributed by atoms with E-state index >= 15 is 0 Å². The highest BCUT2D eigenvalue weighted by Crippen LogP contribution is 2.19. The maximum atomic E-state index is 13.2. The summed E-state index contributed by atoms with van der Waals surface area (Å²) in [4.78, 5) is 11.4. The van der Waals surface area contributed by atoms with Gasteiger partial charge in [-0.1, -0.05) is 5.16 Å². The minimum Gasteiger partial charge on any atom is -0.361 e. The Hall–Kier alpha value is -2.90. The van der Waals surface area contributed by atoms with Gasteiger partial charge in [0.25, 0.3) is 0 Å². The van der Waals surface area contributed by atoms with Crippen molar-refractivity contribution in [2.24, 2.45) is 4.99 Å². The first kappa shape index (κ1) is 16.0. The van der Waals surface area contributed by atoms with E-state index < -0.39 is 0 Å². The summed E-state index contributed by atoms with van der Waals surface area (Å²) in [7, 11) is 1.70. The number of aliphatic imine (C=N–C) groups is 1. The first-order chi connectivity index (χ1) is 11.7. The Morgan fingerprint density at radius 3 is 3.00 bits per heavy atom. The monoisotopic (exact) mass is 330 g/mol. The van der Waals surface area contributed by atoms with Crippen LogP contribution in [0, 0.1) is 12.7 Å². The van der Waals surface area contributed by atoms with Crippen LogP contribution in [0.1, 0.15) is 17.3 Å². The number of benzene rings is 1. The van der Waals surface area contributed by atoms with E-state index in [0.717, 1.165) is 22.9 Å². The average Bonchev–Trinajstić information content (AvgIpc) is 3.16. The molecule has 0 atom stereocenters. The quantitative estimate of drug-likeness (QED) is 0.491. The minimum atomic E-state index is -0.240. The number of aryl methyl sites for hydroxylation is 1. The second kappa shape index (κ2) is 7.12. The fourth-order valence-corrected chi connectivity index (χ4v) is 2.48. The maximum Gasteiger partial charge on any atom is 0.223 e. The van der Waals surface area contributed by atoms with Gasteiger partial charge in [0, 0.05) is 37.6 Å². The summed E-state index contributed by atoms with van der Waals surface area (Å²) in [5.74, 6) is 1.53. The highest BCUT2D eigenvalue weighted by molar-refractivity contribution is 5.83. The fourth-order valence-electron chi connectivity index (χ4n) is 2.48. The molecule has 7 nitrogen and oxygen atoms in total. The Kier molecular flexibility index (Phi) is 4.74. The SMILES string of the molecule is CN=C(NCCc1c[nH]c2cc(F)ccc12)NCc1noc(C)n1. The van der Waals surface area contributed by atoms with Crippen molar-refractivity contribution in [3.05, 3.63) is 47.5 Å². The van der Waals surface area contributed by atoms with Gasteiger partial charge >= 0.3 is 0 Å². The van der Waals surface area contributed by atoms with Crippen LogP contribution in [0.2, 0.25) is 0 Å². The van der Waals surface area contributed by atoms with Crippen molar-refractivity contribution in [1.82, 2.24) is 25.8 Å². The van der Waals surface area contributed by atoms with Gasteiger partial charge in [0.1, 0.15) is 5.82 Å². The number of nitrogens with zero attached hydrogens (tertiary/aromatic N) is 3. The number of halogens is 1. The van der Waals surface area contributed by atoms with Crippen LogP contribution in [0.3, 0.4) is 0 Å². The summed E-state index contributed by atoms with van der Waals surface area (Å²) in [5, 5.41) is 11.2. The van der Waals surface area contributed by atoms with E-state index in [1.54, 1.807) is 20.0 Å². The zero-order chi connectivity index (χ0) is 16.9. The Balaban J connectivity index is 1.52. The molecule has 0 saturated heterocycles. The number of aromatic nitrogens is 3. The average molecular weight is 330 g/mol. The Morgan fingerprint density at radius 2 is 2.25 bits per heavy atom. The van der Waals surface area contributed by atoms with Crippen molar-refractivity contribution in [3.63, 3.8) is 0 Å². The van der Waals surface area contributed by atoms with Gasteiger partial charge in [0.2, 0.25) is 5.89 Å². The zero-order valence-electron chi connectivity index (χ0n) is 13.6. The van der Waals surface area contributed by atoms with Crippen LogP contribution in [0.15, 0.2) is 33.9 Å². The van der Waals surface area contributed by atoms with Crippen molar-refractivity contribution in [2.45, 2.75) is 19.9 Å². The van der Waals surface area contributed by atoms with Gasteiger partial charge in [0.05, 0.1) is 6.54 Å². The maximum absolute atomic E-state index is 13.2. The van der Waals surface area contributed by atoms with Gasteiger partial charge in [-0.05, 0) is 30.2 Å². The van der Waals surface area contributed by atoms with Crippen LogP contribution in [0.25, 0.3) is 10.9 Å². The van der Waals surface area contributed by atoms with E-state index in [-0.39, 0.29) is 5.82 Å². The summed E-state index contributed by atoms with van der Waals surface area (Å²) < 4.78 is 18.1. The van der Waals surface area contributed by atoms with Crippen molar-refractivity contribution in [1.29, 1.82) is 0 Å². The standard InChI is InChI=1S/C16H19FN6O/c1-10-22-15(23-24-10)9-21-16(18-2)19-6-5-11-8-20-14-7-12(17)3-4-13(11)14/h3-4,7-8,20H,5-6,9H2,1-2H3,(H2,18,19,21). The number of hydrogen-bond acceptors (Lipinski definition) is 4. The third-order valence-corrected chi connectivity index (χ3v) is 3.62. The van der Waals surface area contributed by atoms with Gasteiger partial charge in [-0.3, -0.25) is 4.99 Å². The van der Waals surface area contributed by atoms with E-state index in [1.165, 1.54) is 12.1 Å². The first-order valence-electron chi connectivity index (χ1n) is 7.65. The third-order valence-electron chi connectivity index (χ3n) is 3.62. The molecule has 1 aromatic carbocycles. The van der Waals surface area contributed by atoms with Gasteiger partial charge in [-0.2, -0.15) is 4.98 Å². The van der Waals surface area contributed by atoms with Crippen LogP contribution >= 0.6 is 0 Å². The largest absolute Gasteiger partial charge is 0.361 e. The summed E-state index contributed by atoms with van der Waals surface area (Å²) in [6.07, 6.45) is 2.69. The molecule has 0 amide bonds. The predicted molar refractivity (Wildman–Crippen MR) is 89.2 cm³/mol. The number of fused-ring (bicyclic) bond motifs is 1. The molecule has 24 heavy (non-hydrogen) atoms. The molecular formula is C16H19FN6O. The molecular weight excluding hydrogens is 311 g/mol. The molecule has 0 spiro atoms. The number of rotatable bonds is 5. The van der Waals surface area contributed by atoms with Crippen molar-refractivity contribution < 1.29 is 8.91 Å². The summed E-state index contributed by atoms with van der Waals surface area (Å²) in [5.41, 5.74) is 1.93. The lowest BCUT2D eigenvalue weighted by atomic mass is 10.1. The predicted octanol–water partition coefficient (Wildman–Crippen LogP) is 1.91. The summed E-state index contributed by atoms with van der Waals surface area (Å²) >= 11 is 0. The molecule has 2 heterocycles. The third kappa shape index (κ3) is 3.70. The number of H-pyrrole nitrogens is 1. The zero-order valence-corrected chi connectivity index (χ0v) is 13.6. The molecule has 0 aliphatic rings. The minimum absolute atomic E-state index is 0.240. The lowest BCUT2D eigenvalue weighted by Crippen LogP contribution is -2.38. The van der Waals surface area contributed by atoms with Crippen LogP contribution in [-0.4, -0.2) is 34.7 Å². The van der Waals surface area contributed by atoms with E-state index in [0.29, 0.717) is 30.8 Å². The van der Waals surface area contributed by atoms with E-state index in [9.17, 15) is 4.39 Å². The molecule has 0 unspecified atom stereocenters. The molecule has 0 aliphatic heterocycles. The van der Waals surface area contributed by atoms with Crippen LogP contribution in [-0.2, 0) is 13.0 Å². The van der Waals surface area contributed by atoms with E-state index in [1.807, 2.05) is 6.20 Å². The second-order valence-corrected chi connectivity index (χ2v) is 5.34. The molecule has 0 radical (unpaired) electrons. The topological polar surface area (TPSA) is 91.1 Å². The molecule has 0 fully saturated rings. The Bertz CT molecular complexity index is 853. The Morgan fingerprint density at radius 1 is 1.38 bits per heavy atom. The van der Waals surface area contributed by atoms with Crippen LogP contribution in [0.5, 0.6) is 0 Å². The summed E-state index contributed by atoms with van der Waals surface area (Å²) in [6, 6.07) is 4.77. The molecule has 3 N–H and O–H groups in total. The fraction of sp³-hybridized carbons (Fsp3) is 0.312. The Labute approximate surface area is 138 Å². The van der Waals surface area contributed by atoms with Gasteiger partial charge in [0.15, 0.2) is 11.8 Å². The lowest BCUT2D eigenvalue weighted by Gasteiger charge is -2.10. The second-order valence-electron chi connectivity index (χ2n) is 5.34. The molecule has 2 aromatic heterocycles. The normalized spacial score (nSPS) is 11.9. The van der Waals surface area contributed by atoms with E-state index in [4.69, 9.17) is 4.52 Å². The molecule has 0 aliphatic carbocycles. The first-order valence-corrected chi connectivity index (χ1v) is 7.65. The highest BCUT2D eigenvalue weighted by atomic mass is 19.1. The van der Waals surface area contributed by atoms with Crippen molar-refractivity contribution in [3.8, 4) is 0 Å². The number of guanidine groups is 1. The molecule has 126 valence electrons. The van der Waals surface area contributed by atoms with Gasteiger partial charge < -0.3 is 20.1 Å². The number of nitrogens with one attached hydrogen (secondary N) is 3. The summed E-state index contributed by atoms with van der Waals surface area (Å²) in [6.45, 7) is 2.87. The highest BCUT2D eigenvalue weighted by Gasteiger charge is 2.06. The molecule has 3 rings (SSSR count). The van der Waals surface area contributed by atoms with Crippen LogP contribution in [0.4, 0.5) is 4.39 Å². The van der Waals surface area contributed by atoms with Gasteiger partial charge in [-0.15, -0.1) is 0 Å². The smallest absolute Gasteiger partial charge is 0.223 e. The molecule has 3 aromatic rings. The van der Waals surface area contributed by atoms with Crippen LogP contribution < -0.4 is 10.6 Å². The van der Waals surface area contributed by atoms with E-state index in [2.05, 4.69) is 30.8 Å². The van der Waals surface area contributed by atoms with Crippen molar-refractivity contribution in [2.75, 3.05) is 13.6 Å². The molecule has 0 saturated carbocycles. The van der Waals surface area contributed by atoms with Crippen molar-refractivity contribution >= 4 is 16.9 Å².